The summed E-state index contributed by atoms with van der Waals surface area (Å²) in [4.78, 5) is 0. The largest absolute Gasteiger partial charge is 0.315 e. The number of hydrogen-bond donors (Lipinski definition) is 1. The molecule has 0 amide bonds. The predicted octanol–water partition coefficient (Wildman–Crippen LogP) is 3.59. The first-order valence-corrected chi connectivity index (χ1v) is 7.58. The molecule has 1 N–H and O–H groups in total. The first-order chi connectivity index (χ1) is 8.76. The molecule has 0 bridgehead atoms. The van der Waals surface area contributed by atoms with Crippen molar-refractivity contribution in [2.75, 3.05) is 6.54 Å². The third kappa shape index (κ3) is 4.81. The molecule has 0 radical (unpaired) electrons. The summed E-state index contributed by atoms with van der Waals surface area (Å²) in [7, 11) is 1.99. The van der Waals surface area contributed by atoms with Crippen LogP contribution in [-0.2, 0) is 19.9 Å². The topological polar surface area (TPSA) is 29.9 Å². The van der Waals surface area contributed by atoms with Gasteiger partial charge in [-0.15, -0.1) is 0 Å². The maximum Gasteiger partial charge on any atom is 0.0849 e. The van der Waals surface area contributed by atoms with E-state index >= 15 is 0 Å². The van der Waals surface area contributed by atoms with E-state index in [1.165, 1.54) is 0 Å². The van der Waals surface area contributed by atoms with Crippen LogP contribution < -0.4 is 5.32 Å². The molecule has 0 spiro atoms. The zero-order valence-electron chi connectivity index (χ0n) is 13.2. The Morgan fingerprint density at radius 3 is 2.47 bits per heavy atom. The summed E-state index contributed by atoms with van der Waals surface area (Å²) < 4.78 is 1.94. The highest BCUT2D eigenvalue weighted by Gasteiger charge is 2.23. The Bertz CT molecular complexity index is 408. The van der Waals surface area contributed by atoms with Crippen LogP contribution in [0.15, 0.2) is 0 Å². The van der Waals surface area contributed by atoms with Gasteiger partial charge in [-0.2, -0.15) is 5.10 Å². The van der Waals surface area contributed by atoms with Crippen molar-refractivity contribution in [3.8, 4) is 0 Å². The highest BCUT2D eigenvalue weighted by atomic mass is 35.5. The van der Waals surface area contributed by atoms with Crippen LogP contribution in [0.5, 0.6) is 0 Å². The van der Waals surface area contributed by atoms with Crippen LogP contribution in [0.1, 0.15) is 52.4 Å². The lowest BCUT2D eigenvalue weighted by Crippen LogP contribution is -2.29. The third-order valence-corrected chi connectivity index (χ3v) is 3.94. The van der Waals surface area contributed by atoms with Gasteiger partial charge in [-0.3, -0.25) is 4.68 Å². The van der Waals surface area contributed by atoms with Gasteiger partial charge in [-0.05, 0) is 31.2 Å². The van der Waals surface area contributed by atoms with Crippen LogP contribution in [0.3, 0.4) is 0 Å². The van der Waals surface area contributed by atoms with Gasteiger partial charge in [0.2, 0.25) is 0 Å². The van der Waals surface area contributed by atoms with Crippen LogP contribution in [0, 0.1) is 5.41 Å². The second-order valence-electron chi connectivity index (χ2n) is 6.38. The maximum atomic E-state index is 6.42. The smallest absolute Gasteiger partial charge is 0.0849 e. The Morgan fingerprint density at radius 2 is 2.00 bits per heavy atom. The number of aromatic nitrogens is 2. The Hall–Kier alpha value is -0.540. The number of hydrogen-bond acceptors (Lipinski definition) is 2. The Kier molecular flexibility index (Phi) is 5.87. The molecule has 0 atom stereocenters. The molecule has 4 heteroatoms. The van der Waals surface area contributed by atoms with Crippen LogP contribution in [0.4, 0.5) is 0 Å². The van der Waals surface area contributed by atoms with Gasteiger partial charge in [-0.25, -0.2) is 0 Å². The molecule has 0 saturated heterocycles. The number of nitrogens with one attached hydrogen (secondary N) is 1. The molecule has 1 aromatic rings. The number of nitrogens with zero attached hydrogens (tertiary/aromatic N) is 2. The SMILES string of the molecule is CCc1nn(C)c(CC(C)(C)CCNC(C)C)c1Cl. The quantitative estimate of drug-likeness (QED) is 0.830. The van der Waals surface area contributed by atoms with Gasteiger partial charge in [0.05, 0.1) is 16.4 Å². The maximum absolute atomic E-state index is 6.42. The third-order valence-electron chi connectivity index (χ3n) is 3.50. The minimum Gasteiger partial charge on any atom is -0.315 e. The molecule has 0 fully saturated rings. The zero-order valence-corrected chi connectivity index (χ0v) is 13.9. The average Bonchev–Trinajstić information content (AvgIpc) is 2.55. The fourth-order valence-corrected chi connectivity index (χ4v) is 2.61. The number of aryl methyl sites for hydroxylation is 2. The summed E-state index contributed by atoms with van der Waals surface area (Å²) in [5.74, 6) is 0. The van der Waals surface area contributed by atoms with Gasteiger partial charge in [-0.1, -0.05) is 46.2 Å². The fraction of sp³-hybridized carbons (Fsp3) is 0.800. The van der Waals surface area contributed by atoms with Gasteiger partial charge in [0.25, 0.3) is 0 Å². The monoisotopic (exact) mass is 285 g/mol. The summed E-state index contributed by atoms with van der Waals surface area (Å²) >= 11 is 6.42. The summed E-state index contributed by atoms with van der Waals surface area (Å²) in [6.07, 6.45) is 2.99. The van der Waals surface area contributed by atoms with Gasteiger partial charge >= 0.3 is 0 Å². The molecule has 1 rings (SSSR count). The van der Waals surface area contributed by atoms with E-state index in [1.54, 1.807) is 0 Å². The molecule has 1 aromatic heterocycles. The van der Waals surface area contributed by atoms with Gasteiger partial charge in [0.15, 0.2) is 0 Å². The predicted molar refractivity (Wildman–Crippen MR) is 82.8 cm³/mol. The summed E-state index contributed by atoms with van der Waals surface area (Å²) in [6.45, 7) is 12.1. The molecule has 0 aromatic carbocycles. The molecule has 0 aliphatic heterocycles. The number of halogens is 1. The summed E-state index contributed by atoms with van der Waals surface area (Å²) in [6, 6.07) is 0.544. The van der Waals surface area contributed by atoms with Crippen molar-refractivity contribution < 1.29 is 0 Å². The van der Waals surface area contributed by atoms with Gasteiger partial charge in [0, 0.05) is 13.1 Å². The second kappa shape index (κ2) is 6.76. The zero-order chi connectivity index (χ0) is 14.6. The van der Waals surface area contributed by atoms with Crippen LogP contribution >= 0.6 is 11.6 Å². The first-order valence-electron chi connectivity index (χ1n) is 7.20. The van der Waals surface area contributed by atoms with E-state index in [4.69, 9.17) is 11.6 Å². The van der Waals surface area contributed by atoms with E-state index in [9.17, 15) is 0 Å². The molecule has 19 heavy (non-hydrogen) atoms. The van der Waals surface area contributed by atoms with Crippen molar-refractivity contribution in [2.45, 2.75) is 59.9 Å². The van der Waals surface area contributed by atoms with E-state index in [-0.39, 0.29) is 5.41 Å². The Labute approximate surface area is 122 Å². The first kappa shape index (κ1) is 16.5. The van der Waals surface area contributed by atoms with Crippen molar-refractivity contribution in [3.05, 3.63) is 16.4 Å². The molecule has 0 unspecified atom stereocenters. The fourth-order valence-electron chi connectivity index (χ4n) is 2.25. The van der Waals surface area contributed by atoms with Crippen LogP contribution in [-0.4, -0.2) is 22.4 Å². The van der Waals surface area contributed by atoms with Crippen molar-refractivity contribution in [2.24, 2.45) is 12.5 Å². The summed E-state index contributed by atoms with van der Waals surface area (Å²) in [5, 5.41) is 8.82. The minimum atomic E-state index is 0.227. The molecular formula is C15H28ClN3. The van der Waals surface area contributed by atoms with Crippen LogP contribution in [0.25, 0.3) is 0 Å². The van der Waals surface area contributed by atoms with E-state index in [1.807, 2.05) is 11.7 Å². The number of rotatable bonds is 7. The lowest BCUT2D eigenvalue weighted by atomic mass is 9.84. The molecular weight excluding hydrogens is 258 g/mol. The van der Waals surface area contributed by atoms with E-state index < -0.39 is 0 Å². The van der Waals surface area contributed by atoms with Crippen LogP contribution in [0.2, 0.25) is 5.02 Å². The van der Waals surface area contributed by atoms with E-state index in [0.717, 1.165) is 42.2 Å². The highest BCUT2D eigenvalue weighted by molar-refractivity contribution is 6.31. The molecule has 0 saturated carbocycles. The Balaban J connectivity index is 2.69. The average molecular weight is 286 g/mol. The van der Waals surface area contributed by atoms with E-state index in [2.05, 4.69) is 45.0 Å². The van der Waals surface area contributed by atoms with Gasteiger partial charge < -0.3 is 5.32 Å². The van der Waals surface area contributed by atoms with Crippen molar-refractivity contribution in [1.82, 2.24) is 15.1 Å². The molecule has 0 aliphatic rings. The molecule has 1 heterocycles. The standard InChI is InChI=1S/C15H28ClN3/c1-7-12-14(16)13(19(6)18-12)10-15(4,5)8-9-17-11(2)3/h11,17H,7-10H2,1-6H3. The molecule has 110 valence electrons. The molecule has 0 aliphatic carbocycles. The van der Waals surface area contributed by atoms with Crippen molar-refractivity contribution in [3.63, 3.8) is 0 Å². The normalized spacial score (nSPS) is 12.4. The lowest BCUT2D eigenvalue weighted by Gasteiger charge is -2.25. The van der Waals surface area contributed by atoms with Gasteiger partial charge in [0.1, 0.15) is 0 Å². The highest BCUT2D eigenvalue weighted by Crippen LogP contribution is 2.30. The molecule has 3 nitrogen and oxygen atoms in total. The lowest BCUT2D eigenvalue weighted by molar-refractivity contribution is 0.313. The van der Waals surface area contributed by atoms with Crippen molar-refractivity contribution in [1.29, 1.82) is 0 Å². The minimum absolute atomic E-state index is 0.227. The second-order valence-corrected chi connectivity index (χ2v) is 6.76. The van der Waals surface area contributed by atoms with E-state index in [0.29, 0.717) is 6.04 Å². The summed E-state index contributed by atoms with van der Waals surface area (Å²) in [5.41, 5.74) is 2.40. The van der Waals surface area contributed by atoms with Crippen molar-refractivity contribution >= 4 is 11.6 Å². The Morgan fingerprint density at radius 1 is 1.37 bits per heavy atom.